The lowest BCUT2D eigenvalue weighted by Gasteiger charge is -1.98. The Kier molecular flexibility index (Phi) is 3.02. The number of thiophene rings is 1. The van der Waals surface area contributed by atoms with E-state index in [4.69, 9.17) is 10.3 Å². The number of hydrogen-bond donors (Lipinski definition) is 1. The van der Waals surface area contributed by atoms with Crippen LogP contribution in [0.25, 0.3) is 22.2 Å². The molecule has 4 nitrogen and oxygen atoms in total. The van der Waals surface area contributed by atoms with Gasteiger partial charge in [-0.3, -0.25) is 0 Å². The van der Waals surface area contributed by atoms with Gasteiger partial charge in [0.15, 0.2) is 0 Å². The van der Waals surface area contributed by atoms with Gasteiger partial charge in [-0.05, 0) is 48.6 Å². The van der Waals surface area contributed by atoms with Gasteiger partial charge in [-0.2, -0.15) is 4.98 Å². The first-order valence-corrected chi connectivity index (χ1v) is 6.88. The zero-order valence-corrected chi connectivity index (χ0v) is 11.8. The fourth-order valence-corrected chi connectivity index (χ4v) is 2.73. The van der Waals surface area contributed by atoms with Crippen LogP contribution in [0.2, 0.25) is 0 Å². The third-order valence-electron chi connectivity index (χ3n) is 3.06. The molecule has 0 unspecified atom stereocenters. The van der Waals surface area contributed by atoms with Crippen LogP contribution in [0.15, 0.2) is 28.1 Å². The molecule has 1 aromatic carbocycles. The Balaban J connectivity index is 2.01. The van der Waals surface area contributed by atoms with Crippen LogP contribution >= 0.6 is 11.3 Å². The molecule has 2 N–H and O–H groups in total. The van der Waals surface area contributed by atoms with Crippen LogP contribution in [0.3, 0.4) is 0 Å². The summed E-state index contributed by atoms with van der Waals surface area (Å²) < 4.78 is 18.5. The highest BCUT2D eigenvalue weighted by Gasteiger charge is 2.16. The van der Waals surface area contributed by atoms with Crippen molar-refractivity contribution in [1.82, 2.24) is 10.1 Å². The second-order valence-corrected chi connectivity index (χ2v) is 5.43. The minimum Gasteiger partial charge on any atom is -0.397 e. The van der Waals surface area contributed by atoms with E-state index < -0.39 is 0 Å². The van der Waals surface area contributed by atoms with Gasteiger partial charge in [-0.1, -0.05) is 5.16 Å². The van der Waals surface area contributed by atoms with Crippen LogP contribution in [0.1, 0.15) is 11.1 Å². The van der Waals surface area contributed by atoms with Gasteiger partial charge in [0, 0.05) is 5.56 Å². The summed E-state index contributed by atoms with van der Waals surface area (Å²) in [6.07, 6.45) is 0. The maximum atomic E-state index is 13.3. The smallest absolute Gasteiger partial charge is 0.270 e. The Morgan fingerprint density at radius 3 is 2.70 bits per heavy atom. The van der Waals surface area contributed by atoms with E-state index in [1.807, 2.05) is 12.3 Å². The Morgan fingerprint density at radius 1 is 1.25 bits per heavy atom. The maximum absolute atomic E-state index is 13.3. The number of benzene rings is 1. The topological polar surface area (TPSA) is 64.9 Å². The van der Waals surface area contributed by atoms with Gasteiger partial charge in [-0.25, -0.2) is 4.39 Å². The average Bonchev–Trinajstić information content (AvgIpc) is 3.02. The van der Waals surface area contributed by atoms with Gasteiger partial charge in [0.25, 0.3) is 5.89 Å². The minimum atomic E-state index is -0.254. The van der Waals surface area contributed by atoms with Gasteiger partial charge >= 0.3 is 0 Å². The first-order chi connectivity index (χ1) is 9.56. The number of nitrogens with zero attached hydrogens (tertiary/aromatic N) is 2. The first-order valence-electron chi connectivity index (χ1n) is 6.00. The predicted molar refractivity (Wildman–Crippen MR) is 76.9 cm³/mol. The quantitative estimate of drug-likeness (QED) is 0.779. The van der Waals surface area contributed by atoms with Crippen molar-refractivity contribution in [2.45, 2.75) is 13.8 Å². The molecule has 0 saturated carbocycles. The second kappa shape index (κ2) is 4.72. The van der Waals surface area contributed by atoms with E-state index in [2.05, 4.69) is 10.1 Å². The maximum Gasteiger partial charge on any atom is 0.270 e. The number of hydrogen-bond acceptors (Lipinski definition) is 5. The van der Waals surface area contributed by atoms with Crippen LogP contribution in [-0.4, -0.2) is 10.1 Å². The van der Waals surface area contributed by atoms with Crippen LogP contribution in [-0.2, 0) is 0 Å². The van der Waals surface area contributed by atoms with Crippen molar-refractivity contribution in [3.63, 3.8) is 0 Å². The van der Waals surface area contributed by atoms with E-state index in [9.17, 15) is 4.39 Å². The van der Waals surface area contributed by atoms with E-state index >= 15 is 0 Å². The number of nitrogen functional groups attached to an aromatic ring is 1. The van der Waals surface area contributed by atoms with E-state index in [-0.39, 0.29) is 5.82 Å². The molecular formula is C14H12FN3OS. The van der Waals surface area contributed by atoms with Crippen molar-refractivity contribution in [2.75, 3.05) is 5.73 Å². The molecule has 0 aliphatic heterocycles. The summed E-state index contributed by atoms with van der Waals surface area (Å²) in [4.78, 5) is 5.09. The summed E-state index contributed by atoms with van der Waals surface area (Å²) in [6.45, 7) is 3.62. The zero-order valence-electron chi connectivity index (χ0n) is 11.0. The van der Waals surface area contributed by atoms with E-state index in [0.29, 0.717) is 28.5 Å². The molecule has 0 aliphatic rings. The normalized spacial score (nSPS) is 10.9. The molecule has 0 saturated heterocycles. The highest BCUT2D eigenvalue weighted by atomic mass is 32.1. The molecule has 102 valence electrons. The fraction of sp³-hybridized carbons (Fsp3) is 0.143. The molecule has 2 heterocycles. The highest BCUT2D eigenvalue weighted by molar-refractivity contribution is 7.14. The number of aromatic nitrogens is 2. The molecule has 0 amide bonds. The van der Waals surface area contributed by atoms with E-state index in [0.717, 1.165) is 10.4 Å². The van der Waals surface area contributed by atoms with Crippen molar-refractivity contribution in [2.24, 2.45) is 0 Å². The molecule has 0 bridgehead atoms. The number of halogens is 1. The monoisotopic (exact) mass is 289 g/mol. The molecule has 20 heavy (non-hydrogen) atoms. The summed E-state index contributed by atoms with van der Waals surface area (Å²) in [5.41, 5.74) is 8.86. The van der Waals surface area contributed by atoms with E-state index in [1.165, 1.54) is 17.4 Å². The number of anilines is 1. The Morgan fingerprint density at radius 2 is 2.05 bits per heavy atom. The average molecular weight is 289 g/mol. The van der Waals surface area contributed by atoms with Crippen LogP contribution in [0.5, 0.6) is 0 Å². The lowest BCUT2D eigenvalue weighted by atomic mass is 10.1. The lowest BCUT2D eigenvalue weighted by Crippen LogP contribution is -1.88. The Hall–Kier alpha value is -2.21. The van der Waals surface area contributed by atoms with Crippen molar-refractivity contribution >= 4 is 17.0 Å². The van der Waals surface area contributed by atoms with Gasteiger partial charge < -0.3 is 10.3 Å². The second-order valence-electron chi connectivity index (χ2n) is 4.55. The Labute approximate surface area is 119 Å². The molecule has 2 aromatic heterocycles. The summed E-state index contributed by atoms with van der Waals surface area (Å²) >= 11 is 1.46. The highest BCUT2D eigenvalue weighted by Crippen LogP contribution is 2.34. The summed E-state index contributed by atoms with van der Waals surface area (Å²) in [7, 11) is 0. The standard InChI is InChI=1S/C14H12FN3OS/c1-7-5-9(3-4-10(7)15)13-17-14(19-18-13)12-11(16)8(2)6-20-12/h3-6H,16H2,1-2H3. The molecule has 0 radical (unpaired) electrons. The van der Waals surface area contributed by atoms with E-state index in [1.54, 1.807) is 19.1 Å². The van der Waals surface area contributed by atoms with Gasteiger partial charge in [-0.15, -0.1) is 11.3 Å². The van der Waals surface area contributed by atoms with Crippen LogP contribution in [0.4, 0.5) is 10.1 Å². The molecule has 3 aromatic rings. The molecule has 0 aliphatic carbocycles. The van der Waals surface area contributed by atoms with Crippen molar-refractivity contribution in [3.8, 4) is 22.2 Å². The predicted octanol–water partition coefficient (Wildman–Crippen LogP) is 3.80. The summed E-state index contributed by atoms with van der Waals surface area (Å²) in [6, 6.07) is 4.71. The zero-order chi connectivity index (χ0) is 14.3. The summed E-state index contributed by atoms with van der Waals surface area (Å²) in [5, 5.41) is 5.87. The van der Waals surface area contributed by atoms with Crippen molar-refractivity contribution < 1.29 is 8.91 Å². The molecule has 3 rings (SSSR count). The van der Waals surface area contributed by atoms with Crippen molar-refractivity contribution in [3.05, 3.63) is 40.5 Å². The van der Waals surface area contributed by atoms with Gasteiger partial charge in [0.05, 0.1) is 5.69 Å². The third kappa shape index (κ3) is 2.08. The number of nitrogens with two attached hydrogens (primary N) is 1. The fourth-order valence-electron chi connectivity index (χ4n) is 1.84. The lowest BCUT2D eigenvalue weighted by molar-refractivity contribution is 0.433. The minimum absolute atomic E-state index is 0.254. The summed E-state index contributed by atoms with van der Waals surface area (Å²) in [5.74, 6) is 0.557. The molecule has 6 heteroatoms. The number of rotatable bonds is 2. The molecular weight excluding hydrogens is 277 g/mol. The molecule has 0 fully saturated rings. The van der Waals surface area contributed by atoms with Crippen LogP contribution in [0, 0.1) is 19.7 Å². The van der Waals surface area contributed by atoms with Gasteiger partial charge in [0.2, 0.25) is 5.82 Å². The van der Waals surface area contributed by atoms with Crippen LogP contribution < -0.4 is 5.73 Å². The number of aryl methyl sites for hydroxylation is 2. The SMILES string of the molecule is Cc1cc(-c2noc(-c3scc(C)c3N)n2)ccc1F. The van der Waals surface area contributed by atoms with Gasteiger partial charge in [0.1, 0.15) is 10.7 Å². The first kappa shape index (κ1) is 12.8. The van der Waals surface area contributed by atoms with Crippen molar-refractivity contribution in [1.29, 1.82) is 0 Å². The molecule has 0 atom stereocenters. The molecule has 0 spiro atoms. The largest absolute Gasteiger partial charge is 0.397 e. The third-order valence-corrected chi connectivity index (χ3v) is 4.16. The Bertz CT molecular complexity index is 779.